The van der Waals surface area contributed by atoms with Crippen molar-refractivity contribution in [2.75, 3.05) is 12.3 Å². The highest BCUT2D eigenvalue weighted by molar-refractivity contribution is 7.89. The smallest absolute Gasteiger partial charge is 0.212 e. The molecular formula is C14H29NO3S. The molecule has 0 amide bonds. The molecule has 0 bridgehead atoms. The first-order valence-electron chi connectivity index (χ1n) is 7.02. The van der Waals surface area contributed by atoms with E-state index in [2.05, 4.69) is 18.6 Å². The molecular weight excluding hydrogens is 262 g/mol. The van der Waals surface area contributed by atoms with E-state index in [4.69, 9.17) is 0 Å². The van der Waals surface area contributed by atoms with Crippen molar-refractivity contribution in [2.24, 2.45) is 10.8 Å². The van der Waals surface area contributed by atoms with Crippen molar-refractivity contribution in [3.8, 4) is 0 Å². The molecule has 0 aromatic carbocycles. The highest BCUT2D eigenvalue weighted by Gasteiger charge is 2.37. The SMILES string of the molecule is CC(C)(C)CS(=O)(=O)NCC1(O)CCC(C)(C)CC1. The first kappa shape index (κ1) is 16.9. The third-order valence-corrected chi connectivity index (χ3v) is 5.61. The van der Waals surface area contributed by atoms with Crippen LogP contribution < -0.4 is 4.72 Å². The van der Waals surface area contributed by atoms with E-state index >= 15 is 0 Å². The standard InChI is InChI=1S/C14H29NO3S/c1-12(2,3)11-19(17,18)15-10-14(16)8-6-13(4,5)7-9-14/h15-16H,6-11H2,1-5H3. The minimum absolute atomic E-state index is 0.0849. The molecule has 0 aromatic rings. The van der Waals surface area contributed by atoms with Crippen LogP contribution in [0.3, 0.4) is 0 Å². The second-order valence-corrected chi connectivity index (χ2v) is 9.84. The lowest BCUT2D eigenvalue weighted by atomic mass is 9.71. The third-order valence-electron chi connectivity index (χ3n) is 3.78. The van der Waals surface area contributed by atoms with Gasteiger partial charge in [0.15, 0.2) is 0 Å². The predicted octanol–water partition coefficient (Wildman–Crippen LogP) is 2.28. The summed E-state index contributed by atoms with van der Waals surface area (Å²) in [5.74, 6) is 0.0849. The Morgan fingerprint density at radius 3 is 2.00 bits per heavy atom. The molecule has 4 nitrogen and oxygen atoms in total. The van der Waals surface area contributed by atoms with Gasteiger partial charge in [-0.3, -0.25) is 0 Å². The molecule has 1 saturated carbocycles. The number of aliphatic hydroxyl groups is 1. The van der Waals surface area contributed by atoms with Gasteiger partial charge in [0.2, 0.25) is 10.0 Å². The summed E-state index contributed by atoms with van der Waals surface area (Å²) >= 11 is 0. The monoisotopic (exact) mass is 291 g/mol. The zero-order chi connectivity index (χ0) is 14.9. The van der Waals surface area contributed by atoms with Crippen molar-refractivity contribution in [2.45, 2.75) is 65.9 Å². The average Bonchev–Trinajstić information content (AvgIpc) is 2.18. The zero-order valence-corrected chi connectivity index (χ0v) is 13.7. The number of hydrogen-bond donors (Lipinski definition) is 2. The molecule has 0 aromatic heterocycles. The Balaban J connectivity index is 2.53. The van der Waals surface area contributed by atoms with Gasteiger partial charge in [-0.1, -0.05) is 34.6 Å². The van der Waals surface area contributed by atoms with Crippen LogP contribution in [0.25, 0.3) is 0 Å². The molecule has 2 N–H and O–H groups in total. The summed E-state index contributed by atoms with van der Waals surface area (Å²) in [7, 11) is -3.32. The van der Waals surface area contributed by atoms with E-state index < -0.39 is 15.6 Å². The van der Waals surface area contributed by atoms with E-state index in [9.17, 15) is 13.5 Å². The van der Waals surface area contributed by atoms with Crippen LogP contribution >= 0.6 is 0 Å². The van der Waals surface area contributed by atoms with Crippen molar-refractivity contribution < 1.29 is 13.5 Å². The molecule has 1 aliphatic rings. The van der Waals surface area contributed by atoms with E-state index in [0.29, 0.717) is 12.8 Å². The van der Waals surface area contributed by atoms with Crippen LogP contribution in [0, 0.1) is 10.8 Å². The lowest BCUT2D eigenvalue weighted by Gasteiger charge is -2.40. The van der Waals surface area contributed by atoms with Gasteiger partial charge in [-0.25, -0.2) is 13.1 Å². The molecule has 114 valence electrons. The molecule has 0 saturated heterocycles. The molecule has 1 fully saturated rings. The fraction of sp³-hybridized carbons (Fsp3) is 1.00. The van der Waals surface area contributed by atoms with E-state index in [1.165, 1.54) is 0 Å². The first-order chi connectivity index (χ1) is 8.33. The van der Waals surface area contributed by atoms with Crippen molar-refractivity contribution in [3.05, 3.63) is 0 Å². The molecule has 0 spiro atoms. The van der Waals surface area contributed by atoms with Gasteiger partial charge in [0.1, 0.15) is 0 Å². The van der Waals surface area contributed by atoms with Gasteiger partial charge in [-0.15, -0.1) is 0 Å². The van der Waals surface area contributed by atoms with Crippen LogP contribution in [0.1, 0.15) is 60.3 Å². The van der Waals surface area contributed by atoms with Gasteiger partial charge in [0, 0.05) is 6.54 Å². The number of sulfonamides is 1. The Morgan fingerprint density at radius 1 is 1.11 bits per heavy atom. The molecule has 1 rings (SSSR count). The van der Waals surface area contributed by atoms with Gasteiger partial charge in [0.25, 0.3) is 0 Å². The van der Waals surface area contributed by atoms with Crippen molar-refractivity contribution in [3.63, 3.8) is 0 Å². The number of hydrogen-bond acceptors (Lipinski definition) is 3. The Kier molecular flexibility index (Phi) is 4.75. The summed E-state index contributed by atoms with van der Waals surface area (Å²) < 4.78 is 26.4. The fourth-order valence-corrected chi connectivity index (χ4v) is 4.17. The zero-order valence-electron chi connectivity index (χ0n) is 12.9. The topological polar surface area (TPSA) is 66.4 Å². The van der Waals surface area contributed by atoms with E-state index in [1.54, 1.807) is 0 Å². The summed E-state index contributed by atoms with van der Waals surface area (Å²) in [6.07, 6.45) is 3.20. The highest BCUT2D eigenvalue weighted by atomic mass is 32.2. The molecule has 0 aliphatic heterocycles. The van der Waals surface area contributed by atoms with Crippen molar-refractivity contribution in [1.82, 2.24) is 4.72 Å². The van der Waals surface area contributed by atoms with Crippen LogP contribution in [0.5, 0.6) is 0 Å². The molecule has 0 radical (unpaired) electrons. The number of rotatable bonds is 4. The summed E-state index contributed by atoms with van der Waals surface area (Å²) in [6.45, 7) is 10.2. The second-order valence-electron chi connectivity index (χ2n) is 8.03. The van der Waals surface area contributed by atoms with Crippen LogP contribution in [-0.4, -0.2) is 31.4 Å². The van der Waals surface area contributed by atoms with Gasteiger partial charge in [-0.05, 0) is 36.5 Å². The maximum Gasteiger partial charge on any atom is 0.212 e. The van der Waals surface area contributed by atoms with Gasteiger partial charge >= 0.3 is 0 Å². The maximum absolute atomic E-state index is 11.9. The maximum atomic E-state index is 11.9. The molecule has 19 heavy (non-hydrogen) atoms. The largest absolute Gasteiger partial charge is 0.389 e. The molecule has 0 heterocycles. The second kappa shape index (κ2) is 5.34. The molecule has 0 unspecified atom stereocenters. The lowest BCUT2D eigenvalue weighted by molar-refractivity contribution is -0.0206. The van der Waals surface area contributed by atoms with E-state index in [0.717, 1.165) is 12.8 Å². The number of nitrogens with one attached hydrogen (secondary N) is 1. The summed E-state index contributed by atoms with van der Waals surface area (Å²) in [5, 5.41) is 10.4. The predicted molar refractivity (Wildman–Crippen MR) is 78.4 cm³/mol. The summed E-state index contributed by atoms with van der Waals surface area (Å²) in [6, 6.07) is 0. The van der Waals surface area contributed by atoms with Crippen LogP contribution in [0.15, 0.2) is 0 Å². The minimum atomic E-state index is -3.32. The third kappa shape index (κ3) is 6.23. The molecule has 1 aliphatic carbocycles. The van der Waals surface area contributed by atoms with Crippen LogP contribution in [0.2, 0.25) is 0 Å². The van der Waals surface area contributed by atoms with E-state index in [1.807, 2.05) is 20.8 Å². The average molecular weight is 291 g/mol. The summed E-state index contributed by atoms with van der Waals surface area (Å²) in [4.78, 5) is 0. The Labute approximate surface area is 118 Å². The normalized spacial score (nSPS) is 23.3. The first-order valence-corrected chi connectivity index (χ1v) is 8.68. The van der Waals surface area contributed by atoms with E-state index in [-0.39, 0.29) is 23.1 Å². The van der Waals surface area contributed by atoms with Crippen molar-refractivity contribution >= 4 is 10.0 Å². The Bertz CT molecular complexity index is 397. The summed E-state index contributed by atoms with van der Waals surface area (Å²) in [5.41, 5.74) is -0.889. The van der Waals surface area contributed by atoms with Gasteiger partial charge in [-0.2, -0.15) is 0 Å². The Morgan fingerprint density at radius 2 is 1.58 bits per heavy atom. The van der Waals surface area contributed by atoms with Crippen LogP contribution in [0.4, 0.5) is 0 Å². The minimum Gasteiger partial charge on any atom is -0.389 e. The van der Waals surface area contributed by atoms with Gasteiger partial charge < -0.3 is 5.11 Å². The quantitative estimate of drug-likeness (QED) is 0.835. The molecule has 0 atom stereocenters. The Hall–Kier alpha value is -0.130. The van der Waals surface area contributed by atoms with Crippen molar-refractivity contribution in [1.29, 1.82) is 0 Å². The molecule has 5 heteroatoms. The van der Waals surface area contributed by atoms with Crippen LogP contribution in [-0.2, 0) is 10.0 Å². The fourth-order valence-electron chi connectivity index (χ4n) is 2.43. The lowest BCUT2D eigenvalue weighted by Crippen LogP contribution is -2.47. The van der Waals surface area contributed by atoms with Gasteiger partial charge in [0.05, 0.1) is 11.4 Å². The highest BCUT2D eigenvalue weighted by Crippen LogP contribution is 2.39.